The van der Waals surface area contributed by atoms with E-state index in [1.54, 1.807) is 11.3 Å². The molecule has 6 heteroatoms. The smallest absolute Gasteiger partial charge is 0.259 e. The van der Waals surface area contributed by atoms with Crippen LogP contribution in [0.3, 0.4) is 0 Å². The summed E-state index contributed by atoms with van der Waals surface area (Å²) in [6.45, 7) is 11.2. The molecule has 1 aliphatic rings. The number of likely N-dealkylation sites (tertiary alicyclic amines) is 1. The number of aromatic nitrogens is 2. The molecule has 1 atom stereocenters. The number of carbonyl (C=O) groups excluding carboxylic acids is 1. The maximum atomic E-state index is 12.6. The van der Waals surface area contributed by atoms with Crippen LogP contribution < -0.4 is 5.56 Å². The number of fused-ring (bicyclic) bond motifs is 1. The summed E-state index contributed by atoms with van der Waals surface area (Å²) in [6, 6.07) is 0. The van der Waals surface area contributed by atoms with Gasteiger partial charge < -0.3 is 9.88 Å². The number of thiophene rings is 1. The highest BCUT2D eigenvalue weighted by molar-refractivity contribution is 7.18. The van der Waals surface area contributed by atoms with Gasteiger partial charge in [0.25, 0.3) is 5.56 Å². The highest BCUT2D eigenvalue weighted by Gasteiger charge is 2.32. The number of carbonyl (C=O) groups is 1. The lowest BCUT2D eigenvalue weighted by Crippen LogP contribution is -2.45. The highest BCUT2D eigenvalue weighted by Crippen LogP contribution is 2.30. The maximum absolute atomic E-state index is 12.6. The second-order valence-corrected chi connectivity index (χ2v) is 8.96. The number of H-pyrrole nitrogens is 1. The van der Waals surface area contributed by atoms with Crippen LogP contribution in [0.25, 0.3) is 10.2 Å². The number of aromatic amines is 1. The van der Waals surface area contributed by atoms with Crippen molar-refractivity contribution in [1.82, 2.24) is 14.9 Å². The summed E-state index contributed by atoms with van der Waals surface area (Å²) in [6.07, 6.45) is 1.89. The van der Waals surface area contributed by atoms with Crippen LogP contribution in [0.2, 0.25) is 0 Å². The van der Waals surface area contributed by atoms with E-state index in [1.165, 1.54) is 0 Å². The minimum Gasteiger partial charge on any atom is -0.342 e. The van der Waals surface area contributed by atoms with Crippen molar-refractivity contribution in [2.45, 2.75) is 53.4 Å². The molecule has 0 bridgehead atoms. The SMILES string of the molecule is Cc1sc2nc([C@@H]3CCCN(C(=O)C(C)(C)C)C3)[nH]c(=O)c2c1C. The Kier molecular flexibility index (Phi) is 4.28. The Labute approximate surface area is 146 Å². The molecule has 5 nitrogen and oxygen atoms in total. The fourth-order valence-corrected chi connectivity index (χ4v) is 4.36. The topological polar surface area (TPSA) is 66.1 Å². The molecule has 2 aromatic heterocycles. The predicted octanol–water partition coefficient (Wildman–Crippen LogP) is 3.35. The minimum absolute atomic E-state index is 0.0591. The van der Waals surface area contributed by atoms with Gasteiger partial charge in [0.05, 0.1) is 5.39 Å². The largest absolute Gasteiger partial charge is 0.342 e. The molecule has 0 aliphatic carbocycles. The molecule has 130 valence electrons. The molecule has 2 aromatic rings. The van der Waals surface area contributed by atoms with E-state index in [0.29, 0.717) is 11.9 Å². The highest BCUT2D eigenvalue weighted by atomic mass is 32.1. The normalized spacial score (nSPS) is 19.0. The zero-order valence-corrected chi connectivity index (χ0v) is 15.8. The minimum atomic E-state index is -0.380. The van der Waals surface area contributed by atoms with Gasteiger partial charge in [-0.2, -0.15) is 0 Å². The fraction of sp³-hybridized carbons (Fsp3) is 0.611. The van der Waals surface area contributed by atoms with Gasteiger partial charge in [0.15, 0.2) is 0 Å². The predicted molar refractivity (Wildman–Crippen MR) is 97.7 cm³/mol. The number of nitrogens with zero attached hydrogens (tertiary/aromatic N) is 2. The van der Waals surface area contributed by atoms with Gasteiger partial charge in [-0.15, -0.1) is 11.3 Å². The third kappa shape index (κ3) is 2.99. The summed E-state index contributed by atoms with van der Waals surface area (Å²) in [5.74, 6) is 0.989. The molecule has 24 heavy (non-hydrogen) atoms. The Bertz CT molecular complexity index is 844. The molecule has 1 N–H and O–H groups in total. The number of rotatable bonds is 1. The van der Waals surface area contributed by atoms with Crippen LogP contribution in [-0.4, -0.2) is 33.9 Å². The number of hydrogen-bond donors (Lipinski definition) is 1. The molecule has 1 fully saturated rings. The van der Waals surface area contributed by atoms with E-state index in [-0.39, 0.29) is 22.8 Å². The summed E-state index contributed by atoms with van der Waals surface area (Å²) in [5.41, 5.74) is 0.578. The van der Waals surface area contributed by atoms with Gasteiger partial charge in [0.2, 0.25) is 5.91 Å². The molecule has 0 aromatic carbocycles. The van der Waals surface area contributed by atoms with Crippen LogP contribution in [0.5, 0.6) is 0 Å². The number of piperidine rings is 1. The van der Waals surface area contributed by atoms with E-state index >= 15 is 0 Å². The van der Waals surface area contributed by atoms with Crippen molar-refractivity contribution in [3.63, 3.8) is 0 Å². The van der Waals surface area contributed by atoms with Gasteiger partial charge in [-0.05, 0) is 32.3 Å². The fourth-order valence-electron chi connectivity index (χ4n) is 3.32. The van der Waals surface area contributed by atoms with Crippen LogP contribution in [0.4, 0.5) is 0 Å². The monoisotopic (exact) mass is 347 g/mol. The second-order valence-electron chi connectivity index (χ2n) is 7.75. The summed E-state index contributed by atoms with van der Waals surface area (Å²) < 4.78 is 0. The molecule has 3 heterocycles. The summed E-state index contributed by atoms with van der Waals surface area (Å²) in [7, 11) is 0. The van der Waals surface area contributed by atoms with Gasteiger partial charge in [-0.1, -0.05) is 20.8 Å². The molecule has 1 amide bonds. The van der Waals surface area contributed by atoms with Gasteiger partial charge in [0.1, 0.15) is 10.7 Å². The molecule has 3 rings (SSSR count). The Morgan fingerprint density at radius 3 is 2.71 bits per heavy atom. The molecule has 0 radical (unpaired) electrons. The first-order valence-corrected chi connectivity index (χ1v) is 9.29. The Hall–Kier alpha value is -1.69. The summed E-state index contributed by atoms with van der Waals surface area (Å²) in [4.78, 5) is 36.6. The number of hydrogen-bond acceptors (Lipinski definition) is 4. The first-order valence-electron chi connectivity index (χ1n) is 8.47. The van der Waals surface area contributed by atoms with Gasteiger partial charge >= 0.3 is 0 Å². The standard InChI is InChI=1S/C18H25N3O2S/c1-10-11(2)24-16-13(10)15(22)19-14(20-16)12-7-6-8-21(9-12)17(23)18(3,4)5/h12H,6-9H2,1-5H3,(H,19,20,22)/t12-/m1/s1. The van der Waals surface area contributed by atoms with E-state index in [4.69, 9.17) is 4.98 Å². The van der Waals surface area contributed by atoms with E-state index in [0.717, 1.165) is 40.5 Å². The van der Waals surface area contributed by atoms with Gasteiger partial charge in [0, 0.05) is 29.3 Å². The Morgan fingerprint density at radius 2 is 2.04 bits per heavy atom. The summed E-state index contributed by atoms with van der Waals surface area (Å²) >= 11 is 1.57. The quantitative estimate of drug-likeness (QED) is 0.860. The first kappa shape index (κ1) is 17.1. The third-order valence-electron chi connectivity index (χ3n) is 4.79. The molecule has 0 spiro atoms. The number of nitrogens with one attached hydrogen (secondary N) is 1. The van der Waals surface area contributed by atoms with Crippen molar-refractivity contribution in [2.75, 3.05) is 13.1 Å². The maximum Gasteiger partial charge on any atom is 0.259 e. The molecule has 1 saturated heterocycles. The second kappa shape index (κ2) is 5.99. The molecule has 0 saturated carbocycles. The van der Waals surface area contributed by atoms with Crippen molar-refractivity contribution < 1.29 is 4.79 Å². The van der Waals surface area contributed by atoms with E-state index in [2.05, 4.69) is 4.98 Å². The average molecular weight is 347 g/mol. The van der Waals surface area contributed by atoms with Crippen molar-refractivity contribution >= 4 is 27.5 Å². The molecule has 0 unspecified atom stereocenters. The van der Waals surface area contributed by atoms with E-state index in [1.807, 2.05) is 39.5 Å². The van der Waals surface area contributed by atoms with E-state index in [9.17, 15) is 9.59 Å². The van der Waals surface area contributed by atoms with Gasteiger partial charge in [-0.3, -0.25) is 9.59 Å². The van der Waals surface area contributed by atoms with Crippen molar-refractivity contribution in [2.24, 2.45) is 5.41 Å². The molecule has 1 aliphatic heterocycles. The third-order valence-corrected chi connectivity index (χ3v) is 5.90. The number of amides is 1. The van der Waals surface area contributed by atoms with E-state index < -0.39 is 0 Å². The lowest BCUT2D eigenvalue weighted by molar-refractivity contribution is -0.140. The van der Waals surface area contributed by atoms with Gasteiger partial charge in [-0.25, -0.2) is 4.98 Å². The van der Waals surface area contributed by atoms with Crippen LogP contribution in [0.15, 0.2) is 4.79 Å². The average Bonchev–Trinajstić information content (AvgIpc) is 2.81. The van der Waals surface area contributed by atoms with Crippen LogP contribution >= 0.6 is 11.3 Å². The Morgan fingerprint density at radius 1 is 1.33 bits per heavy atom. The Balaban J connectivity index is 1.93. The van der Waals surface area contributed by atoms with Crippen molar-refractivity contribution in [3.05, 3.63) is 26.6 Å². The van der Waals surface area contributed by atoms with Crippen molar-refractivity contribution in [3.8, 4) is 0 Å². The zero-order chi connectivity index (χ0) is 17.6. The first-order chi connectivity index (χ1) is 11.2. The van der Waals surface area contributed by atoms with Crippen molar-refractivity contribution in [1.29, 1.82) is 0 Å². The number of aryl methyl sites for hydroxylation is 2. The molecular formula is C18H25N3O2S. The molecular weight excluding hydrogens is 322 g/mol. The lowest BCUT2D eigenvalue weighted by Gasteiger charge is -2.36. The zero-order valence-electron chi connectivity index (χ0n) is 15.0. The lowest BCUT2D eigenvalue weighted by atomic mass is 9.91. The van der Waals surface area contributed by atoms with Crippen LogP contribution in [0.1, 0.15) is 55.8 Å². The van der Waals surface area contributed by atoms with Crippen LogP contribution in [-0.2, 0) is 4.79 Å². The summed E-state index contributed by atoms with van der Waals surface area (Å²) in [5, 5.41) is 0.708. The van der Waals surface area contributed by atoms with Crippen LogP contribution in [0, 0.1) is 19.3 Å².